The third-order valence-electron chi connectivity index (χ3n) is 6.28. The molecule has 0 aliphatic heterocycles. The van der Waals surface area contributed by atoms with Crippen LogP contribution in [0.15, 0.2) is 41.3 Å². The topological polar surface area (TPSA) is 127 Å². The van der Waals surface area contributed by atoms with E-state index in [2.05, 4.69) is 39.9 Å². The molecule has 0 bridgehead atoms. The van der Waals surface area contributed by atoms with E-state index in [4.69, 9.17) is 5.14 Å². The van der Waals surface area contributed by atoms with Gasteiger partial charge in [0.2, 0.25) is 26.2 Å². The lowest BCUT2D eigenvalue weighted by atomic mass is 10.1. The molecule has 212 valence electrons. The molecule has 0 radical (unpaired) electrons. The Labute approximate surface area is 233 Å². The lowest BCUT2D eigenvalue weighted by Gasteiger charge is -2.04. The summed E-state index contributed by atoms with van der Waals surface area (Å²) in [5, 5.41) is 20.3. The minimum atomic E-state index is -3.68. The molecule has 10 heteroatoms. The molecule has 2 rings (SSSR count). The quantitative estimate of drug-likeness (QED) is 0.113. The van der Waals surface area contributed by atoms with Gasteiger partial charge in [0.25, 0.3) is 0 Å². The molecule has 4 N–H and O–H groups in total. The number of nitrogens with zero attached hydrogens (tertiary/aromatic N) is 2. The highest BCUT2D eigenvalue weighted by Gasteiger charge is 2.09. The maximum atomic E-state index is 12.2. The highest BCUT2D eigenvalue weighted by Crippen LogP contribution is 2.20. The molecule has 0 aliphatic rings. The zero-order valence-corrected chi connectivity index (χ0v) is 24.4. The van der Waals surface area contributed by atoms with Crippen LogP contribution in [0, 0.1) is 0 Å². The van der Waals surface area contributed by atoms with Crippen molar-refractivity contribution in [2.45, 2.75) is 108 Å². The van der Waals surface area contributed by atoms with Crippen molar-refractivity contribution < 1.29 is 13.2 Å². The van der Waals surface area contributed by atoms with Gasteiger partial charge in [-0.1, -0.05) is 93.9 Å². The number of hydrogen-bond donors (Lipinski definition) is 3. The molecular weight excluding hydrogens is 518 g/mol. The summed E-state index contributed by atoms with van der Waals surface area (Å²) in [5.41, 5.74) is 0.975. The number of allylic oxidation sites excluding steroid dienone is 2. The van der Waals surface area contributed by atoms with Crippen molar-refractivity contribution in [2.24, 2.45) is 5.14 Å². The average molecular weight is 564 g/mol. The van der Waals surface area contributed by atoms with Gasteiger partial charge in [-0.15, -0.1) is 10.2 Å². The van der Waals surface area contributed by atoms with E-state index in [-0.39, 0.29) is 10.8 Å². The maximum absolute atomic E-state index is 12.2. The first-order valence-corrected chi connectivity index (χ1v) is 16.4. The van der Waals surface area contributed by atoms with E-state index in [1.807, 2.05) is 0 Å². The fourth-order valence-corrected chi connectivity index (χ4v) is 5.24. The van der Waals surface area contributed by atoms with Crippen LogP contribution in [0.1, 0.15) is 102 Å². The van der Waals surface area contributed by atoms with Crippen molar-refractivity contribution in [2.75, 3.05) is 17.2 Å². The number of rotatable bonds is 21. The largest absolute Gasteiger partial charge is 0.360 e. The van der Waals surface area contributed by atoms with Crippen molar-refractivity contribution in [3.05, 3.63) is 42.0 Å². The van der Waals surface area contributed by atoms with Gasteiger partial charge in [-0.2, -0.15) is 0 Å². The number of primary sulfonamides is 1. The molecule has 2 aromatic rings. The van der Waals surface area contributed by atoms with Crippen molar-refractivity contribution >= 4 is 37.5 Å². The number of unbranched alkanes of at least 4 members (excludes halogenated alkanes) is 11. The first kappa shape index (κ1) is 31.9. The zero-order chi connectivity index (χ0) is 27.5. The minimum absolute atomic E-state index is 0.0275. The predicted octanol–water partition coefficient (Wildman–Crippen LogP) is 6.82. The van der Waals surface area contributed by atoms with Crippen molar-refractivity contribution in [3.63, 3.8) is 0 Å². The molecule has 1 aromatic carbocycles. The Morgan fingerprint density at radius 1 is 0.868 bits per heavy atom. The molecule has 0 spiro atoms. The number of carbonyl (C=O) groups excluding carboxylic acids is 1. The molecule has 1 aromatic heterocycles. The first-order valence-electron chi connectivity index (χ1n) is 14.0. The summed E-state index contributed by atoms with van der Waals surface area (Å²) in [6.07, 6.45) is 21.9. The molecule has 1 amide bonds. The number of aromatic nitrogens is 2. The predicted molar refractivity (Wildman–Crippen MR) is 158 cm³/mol. The van der Waals surface area contributed by atoms with E-state index in [1.165, 1.54) is 81.3 Å². The molecule has 8 nitrogen and oxygen atoms in total. The van der Waals surface area contributed by atoms with Gasteiger partial charge in [-0.05, 0) is 56.2 Å². The number of sulfonamides is 1. The first-order chi connectivity index (χ1) is 18.4. The van der Waals surface area contributed by atoms with E-state index in [1.54, 1.807) is 12.1 Å². The van der Waals surface area contributed by atoms with Gasteiger partial charge in [0.15, 0.2) is 0 Å². The molecule has 0 aliphatic carbocycles. The van der Waals surface area contributed by atoms with Crippen LogP contribution in [0.4, 0.5) is 10.3 Å². The summed E-state index contributed by atoms with van der Waals surface area (Å²) in [6, 6.07) is 6.48. The zero-order valence-electron chi connectivity index (χ0n) is 22.8. The Kier molecular flexibility index (Phi) is 15.8. The monoisotopic (exact) mass is 563 g/mol. The van der Waals surface area contributed by atoms with Crippen LogP contribution in [0.25, 0.3) is 0 Å². The molecule has 38 heavy (non-hydrogen) atoms. The standard InChI is InChI=1S/C28H45N5O3S2/c1-2-3-4-5-6-7-8-9-10-11-12-13-14-15-16-17-26(34)31-28-33-32-27(37-28)30-23-22-24-18-20-25(21-19-24)38(29,35)36/h9-10,18-21H,2-8,11-17,22-23H2,1H3,(H,30,32)(H2,29,35,36)(H,31,33,34)/b10-9+. The third kappa shape index (κ3) is 14.6. The summed E-state index contributed by atoms with van der Waals surface area (Å²) in [7, 11) is -3.68. The van der Waals surface area contributed by atoms with Crippen LogP contribution in [-0.4, -0.2) is 31.1 Å². The molecule has 0 saturated heterocycles. The Morgan fingerprint density at radius 2 is 1.45 bits per heavy atom. The van der Waals surface area contributed by atoms with E-state index in [9.17, 15) is 13.2 Å². The Morgan fingerprint density at radius 3 is 2.08 bits per heavy atom. The van der Waals surface area contributed by atoms with E-state index in [0.717, 1.165) is 31.2 Å². The third-order valence-corrected chi connectivity index (χ3v) is 8.00. The van der Waals surface area contributed by atoms with Gasteiger partial charge >= 0.3 is 0 Å². The van der Waals surface area contributed by atoms with Crippen LogP contribution in [0.3, 0.4) is 0 Å². The molecule has 0 fully saturated rings. The van der Waals surface area contributed by atoms with Gasteiger partial charge < -0.3 is 10.6 Å². The molecule has 0 unspecified atom stereocenters. The van der Waals surface area contributed by atoms with Gasteiger partial charge in [-0.25, -0.2) is 13.6 Å². The Bertz CT molecular complexity index is 1050. The highest BCUT2D eigenvalue weighted by atomic mass is 32.2. The van der Waals surface area contributed by atoms with Crippen LogP contribution in [0.5, 0.6) is 0 Å². The number of benzene rings is 1. The fourth-order valence-electron chi connectivity index (χ4n) is 4.04. The fraction of sp³-hybridized carbons (Fsp3) is 0.607. The summed E-state index contributed by atoms with van der Waals surface area (Å²) in [4.78, 5) is 12.3. The van der Waals surface area contributed by atoms with Crippen LogP contribution < -0.4 is 15.8 Å². The molecular formula is C28H45N5O3S2. The van der Waals surface area contributed by atoms with E-state index in [0.29, 0.717) is 29.6 Å². The van der Waals surface area contributed by atoms with Crippen molar-refractivity contribution in [1.29, 1.82) is 0 Å². The number of nitrogens with two attached hydrogens (primary N) is 1. The summed E-state index contributed by atoms with van der Waals surface area (Å²) < 4.78 is 22.6. The van der Waals surface area contributed by atoms with Crippen LogP contribution >= 0.6 is 11.3 Å². The second kappa shape index (κ2) is 18.9. The number of anilines is 2. The van der Waals surface area contributed by atoms with Crippen LogP contribution in [-0.2, 0) is 21.2 Å². The highest BCUT2D eigenvalue weighted by molar-refractivity contribution is 7.89. The van der Waals surface area contributed by atoms with Gasteiger partial charge in [0.1, 0.15) is 0 Å². The van der Waals surface area contributed by atoms with E-state index >= 15 is 0 Å². The number of nitrogens with one attached hydrogen (secondary N) is 2. The van der Waals surface area contributed by atoms with Gasteiger partial charge in [-0.3, -0.25) is 4.79 Å². The molecule has 1 heterocycles. The number of amides is 1. The summed E-state index contributed by atoms with van der Waals surface area (Å²) >= 11 is 1.30. The maximum Gasteiger partial charge on any atom is 0.238 e. The Balaban J connectivity index is 1.47. The lowest BCUT2D eigenvalue weighted by Crippen LogP contribution is -2.12. The summed E-state index contributed by atoms with van der Waals surface area (Å²) in [5.74, 6) is -0.0275. The molecule has 0 saturated carbocycles. The van der Waals surface area contributed by atoms with E-state index < -0.39 is 10.0 Å². The summed E-state index contributed by atoms with van der Waals surface area (Å²) in [6.45, 7) is 2.86. The number of carbonyl (C=O) groups is 1. The second-order valence-corrected chi connectivity index (χ2v) is 12.2. The molecule has 0 atom stereocenters. The number of hydrogen-bond acceptors (Lipinski definition) is 7. The SMILES string of the molecule is CCCCCCCC/C=C/CCCCCCCC(=O)Nc1nnc(NCCc2ccc(S(N)(=O)=O)cc2)s1. The van der Waals surface area contributed by atoms with Crippen LogP contribution in [0.2, 0.25) is 0 Å². The Hall–Kier alpha value is -2.30. The minimum Gasteiger partial charge on any atom is -0.360 e. The second-order valence-electron chi connectivity index (χ2n) is 9.66. The smallest absolute Gasteiger partial charge is 0.238 e. The average Bonchev–Trinajstić information content (AvgIpc) is 3.33. The van der Waals surface area contributed by atoms with Gasteiger partial charge in [0.05, 0.1) is 4.90 Å². The van der Waals surface area contributed by atoms with Crippen molar-refractivity contribution in [3.8, 4) is 0 Å². The lowest BCUT2D eigenvalue weighted by molar-refractivity contribution is -0.116. The van der Waals surface area contributed by atoms with Gasteiger partial charge in [0, 0.05) is 13.0 Å². The normalized spacial score (nSPS) is 11.7. The van der Waals surface area contributed by atoms with Crippen molar-refractivity contribution in [1.82, 2.24) is 10.2 Å².